The van der Waals surface area contributed by atoms with Crippen molar-refractivity contribution >= 4 is 11.9 Å². The Morgan fingerprint density at radius 1 is 1.60 bits per heavy atom. The van der Waals surface area contributed by atoms with Crippen molar-refractivity contribution < 1.29 is 20.2 Å². The first-order valence-electron chi connectivity index (χ1n) is 2.29. The predicted octanol–water partition coefficient (Wildman–Crippen LogP) is -1.45. The van der Waals surface area contributed by atoms with Gasteiger partial charge in [0.1, 0.15) is 6.54 Å². The maximum Gasteiger partial charge on any atom is 0.322 e. The summed E-state index contributed by atoms with van der Waals surface area (Å²) in [5, 5.41) is 10.1. The molecule has 10 heavy (non-hydrogen) atoms. The average molecular weight is 147 g/mol. The van der Waals surface area contributed by atoms with Crippen molar-refractivity contribution in [1.82, 2.24) is 5.32 Å². The van der Waals surface area contributed by atoms with Crippen molar-refractivity contribution in [2.75, 3.05) is 6.54 Å². The zero-order chi connectivity index (χ0) is 7.28. The van der Waals surface area contributed by atoms with Crippen LogP contribution in [0.5, 0.6) is 0 Å². The Morgan fingerprint density at radius 2 is 2.10 bits per heavy atom. The van der Waals surface area contributed by atoms with Crippen LogP contribution in [0.3, 0.4) is 0 Å². The van der Waals surface area contributed by atoms with Gasteiger partial charge in [0, 0.05) is 0 Å². The zero-order valence-corrected chi connectivity index (χ0v) is 5.26. The largest absolute Gasteiger partial charge is 0.480 e. The number of hydrogen-bond donors (Lipinski definition) is 2. The van der Waals surface area contributed by atoms with Crippen LogP contribution < -0.4 is 5.32 Å². The second kappa shape index (κ2) is 5.77. The molecule has 0 aliphatic rings. The molecular formula is C5H9NO4. The molecule has 0 atom stereocenters. The zero-order valence-electron chi connectivity index (χ0n) is 5.26. The van der Waals surface area contributed by atoms with Gasteiger partial charge in [-0.1, -0.05) is 6.58 Å². The van der Waals surface area contributed by atoms with E-state index in [1.807, 2.05) is 0 Å². The van der Waals surface area contributed by atoms with E-state index >= 15 is 0 Å². The van der Waals surface area contributed by atoms with Gasteiger partial charge in [-0.3, -0.25) is 9.59 Å². The minimum absolute atomic E-state index is 0. The molecule has 0 aromatic heterocycles. The maximum absolute atomic E-state index is 10.2. The van der Waals surface area contributed by atoms with E-state index in [4.69, 9.17) is 5.11 Å². The lowest BCUT2D eigenvalue weighted by Crippen LogP contribution is -2.27. The van der Waals surface area contributed by atoms with E-state index < -0.39 is 11.9 Å². The summed E-state index contributed by atoms with van der Waals surface area (Å²) in [7, 11) is 0. The fraction of sp³-hybridized carbons (Fsp3) is 0.200. The molecule has 0 saturated heterocycles. The molecule has 0 bridgehead atoms. The fourth-order valence-corrected chi connectivity index (χ4v) is 0.235. The Balaban J connectivity index is 0. The summed E-state index contributed by atoms with van der Waals surface area (Å²) in [5.41, 5.74) is 0. The van der Waals surface area contributed by atoms with Crippen molar-refractivity contribution in [3.05, 3.63) is 12.7 Å². The van der Waals surface area contributed by atoms with Crippen LogP contribution in [0.4, 0.5) is 0 Å². The minimum Gasteiger partial charge on any atom is -0.480 e. The summed E-state index contributed by atoms with van der Waals surface area (Å²) in [5.74, 6) is -1.54. The number of carboxylic acid groups (broad SMARTS) is 1. The molecule has 0 aromatic rings. The van der Waals surface area contributed by atoms with Gasteiger partial charge in [0.05, 0.1) is 0 Å². The summed E-state index contributed by atoms with van der Waals surface area (Å²) < 4.78 is 0. The monoisotopic (exact) mass is 147 g/mol. The van der Waals surface area contributed by atoms with Crippen molar-refractivity contribution in [3.63, 3.8) is 0 Å². The second-order valence-corrected chi connectivity index (χ2v) is 1.32. The molecule has 0 aliphatic heterocycles. The molecule has 1 amide bonds. The molecule has 0 aromatic carbocycles. The van der Waals surface area contributed by atoms with Gasteiger partial charge in [0.2, 0.25) is 5.91 Å². The Hall–Kier alpha value is -1.36. The van der Waals surface area contributed by atoms with Gasteiger partial charge in [0.15, 0.2) is 0 Å². The highest BCUT2D eigenvalue weighted by molar-refractivity contribution is 5.89. The van der Waals surface area contributed by atoms with Crippen LogP contribution in [-0.4, -0.2) is 29.0 Å². The molecule has 5 heteroatoms. The number of carboxylic acids is 1. The van der Waals surface area contributed by atoms with Gasteiger partial charge < -0.3 is 15.9 Å². The first-order valence-corrected chi connectivity index (χ1v) is 2.29. The van der Waals surface area contributed by atoms with Crippen LogP contribution >= 0.6 is 0 Å². The third kappa shape index (κ3) is 6.64. The van der Waals surface area contributed by atoms with E-state index in [-0.39, 0.29) is 12.0 Å². The van der Waals surface area contributed by atoms with Crippen molar-refractivity contribution in [2.45, 2.75) is 0 Å². The van der Waals surface area contributed by atoms with Crippen LogP contribution in [0.15, 0.2) is 12.7 Å². The molecule has 0 saturated carbocycles. The number of aliphatic carboxylic acids is 1. The number of amides is 1. The lowest BCUT2D eigenvalue weighted by Gasteiger charge is -1.93. The van der Waals surface area contributed by atoms with Crippen LogP contribution in [0.1, 0.15) is 0 Å². The molecule has 4 N–H and O–H groups in total. The van der Waals surface area contributed by atoms with Crippen LogP contribution in [0.25, 0.3) is 0 Å². The Kier molecular flexibility index (Phi) is 6.60. The third-order valence-electron chi connectivity index (χ3n) is 0.599. The highest BCUT2D eigenvalue weighted by atomic mass is 16.4. The summed E-state index contributed by atoms with van der Waals surface area (Å²) >= 11 is 0. The van der Waals surface area contributed by atoms with E-state index in [0.717, 1.165) is 6.08 Å². The van der Waals surface area contributed by atoms with Gasteiger partial charge in [-0.15, -0.1) is 0 Å². The molecule has 0 rings (SSSR count). The van der Waals surface area contributed by atoms with Crippen LogP contribution in [-0.2, 0) is 9.59 Å². The van der Waals surface area contributed by atoms with Gasteiger partial charge in [-0.2, -0.15) is 0 Å². The Morgan fingerprint density at radius 3 is 2.40 bits per heavy atom. The minimum atomic E-state index is -1.06. The lowest BCUT2D eigenvalue weighted by molar-refractivity contribution is -0.137. The summed E-state index contributed by atoms with van der Waals surface area (Å²) in [6.07, 6.45) is 1.02. The molecule has 0 spiro atoms. The van der Waals surface area contributed by atoms with E-state index in [0.29, 0.717) is 0 Å². The topological polar surface area (TPSA) is 97.9 Å². The number of hydrogen-bond acceptors (Lipinski definition) is 2. The highest BCUT2D eigenvalue weighted by Crippen LogP contribution is 1.65. The Bertz CT molecular complexity index is 143. The van der Waals surface area contributed by atoms with E-state index in [2.05, 4.69) is 11.9 Å². The SMILES string of the molecule is C=CC(=O)NCC(=O)O.O. The normalized spacial score (nSPS) is 7.20. The van der Waals surface area contributed by atoms with Gasteiger partial charge in [0.25, 0.3) is 0 Å². The van der Waals surface area contributed by atoms with E-state index in [1.165, 1.54) is 0 Å². The quantitative estimate of drug-likeness (QED) is 0.477. The maximum atomic E-state index is 10.2. The lowest BCUT2D eigenvalue weighted by atomic mass is 10.5. The third-order valence-corrected chi connectivity index (χ3v) is 0.599. The summed E-state index contributed by atoms with van der Waals surface area (Å²) in [4.78, 5) is 20.0. The first-order chi connectivity index (χ1) is 4.16. The van der Waals surface area contributed by atoms with Crippen molar-refractivity contribution in [2.24, 2.45) is 0 Å². The standard InChI is InChI=1S/C5H7NO3.H2O/c1-2-4(7)6-3-5(8)9;/h2H,1,3H2,(H,6,7)(H,8,9);1H2. The molecule has 0 heterocycles. The van der Waals surface area contributed by atoms with Crippen molar-refractivity contribution in [3.8, 4) is 0 Å². The average Bonchev–Trinajstić information content (AvgIpc) is 1.83. The predicted molar refractivity (Wildman–Crippen MR) is 34.5 cm³/mol. The molecule has 0 radical (unpaired) electrons. The molecule has 0 unspecified atom stereocenters. The molecule has 0 aliphatic carbocycles. The summed E-state index contributed by atoms with van der Waals surface area (Å²) in [6, 6.07) is 0. The van der Waals surface area contributed by atoms with Gasteiger partial charge >= 0.3 is 5.97 Å². The number of carbonyl (C=O) groups excluding carboxylic acids is 1. The van der Waals surface area contributed by atoms with Crippen LogP contribution in [0, 0.1) is 0 Å². The molecule has 0 fully saturated rings. The first kappa shape index (κ1) is 11.4. The molecule has 5 nitrogen and oxygen atoms in total. The number of carbonyl (C=O) groups is 2. The van der Waals surface area contributed by atoms with E-state index in [1.54, 1.807) is 0 Å². The van der Waals surface area contributed by atoms with E-state index in [9.17, 15) is 9.59 Å². The fourth-order valence-electron chi connectivity index (χ4n) is 0.235. The Labute approximate surface area is 57.7 Å². The second-order valence-electron chi connectivity index (χ2n) is 1.32. The smallest absolute Gasteiger partial charge is 0.322 e. The highest BCUT2D eigenvalue weighted by Gasteiger charge is 1.96. The van der Waals surface area contributed by atoms with Gasteiger partial charge in [-0.05, 0) is 6.08 Å². The summed E-state index contributed by atoms with van der Waals surface area (Å²) in [6.45, 7) is 2.78. The molecule has 58 valence electrons. The number of nitrogens with one attached hydrogen (secondary N) is 1. The van der Waals surface area contributed by atoms with Crippen LogP contribution in [0.2, 0.25) is 0 Å². The van der Waals surface area contributed by atoms with Gasteiger partial charge in [-0.25, -0.2) is 0 Å². The van der Waals surface area contributed by atoms with Crippen molar-refractivity contribution in [1.29, 1.82) is 0 Å². The number of rotatable bonds is 3. The molecular weight excluding hydrogens is 138 g/mol.